The molecule has 0 amide bonds. The Hall–Kier alpha value is -0.570. The molecule has 1 aromatic carbocycles. The molecule has 1 aromatic rings. The summed E-state index contributed by atoms with van der Waals surface area (Å²) >= 11 is 5.99. The van der Waals surface area contributed by atoms with E-state index in [1.165, 1.54) is 44.2 Å². The van der Waals surface area contributed by atoms with Gasteiger partial charge in [-0.1, -0.05) is 36.6 Å². The quantitative estimate of drug-likeness (QED) is 0.915. The second kappa shape index (κ2) is 5.82. The van der Waals surface area contributed by atoms with E-state index in [4.69, 9.17) is 17.3 Å². The van der Waals surface area contributed by atoms with Gasteiger partial charge in [0.25, 0.3) is 0 Å². The maximum Gasteiger partial charge on any atom is 0.0473 e. The number of rotatable bonds is 3. The van der Waals surface area contributed by atoms with Gasteiger partial charge in [0.15, 0.2) is 0 Å². The standard InChI is InChI=1S/C16H23ClN2/c17-14-7-5-13(6-8-14)16(11-18)19-10-9-12-3-1-2-4-15(12)19/h5-8,12,15-16H,1-4,9-11,18H2. The van der Waals surface area contributed by atoms with Crippen molar-refractivity contribution in [1.29, 1.82) is 0 Å². The molecule has 3 atom stereocenters. The monoisotopic (exact) mass is 278 g/mol. The molecule has 1 aliphatic heterocycles. The molecule has 19 heavy (non-hydrogen) atoms. The third-order valence-corrected chi connectivity index (χ3v) is 5.18. The van der Waals surface area contributed by atoms with E-state index in [1.807, 2.05) is 12.1 Å². The smallest absolute Gasteiger partial charge is 0.0473 e. The van der Waals surface area contributed by atoms with Crippen LogP contribution in [0.1, 0.15) is 43.7 Å². The van der Waals surface area contributed by atoms with Gasteiger partial charge < -0.3 is 5.73 Å². The third-order valence-electron chi connectivity index (χ3n) is 4.93. The van der Waals surface area contributed by atoms with Crippen molar-refractivity contribution in [2.24, 2.45) is 11.7 Å². The summed E-state index contributed by atoms with van der Waals surface area (Å²) in [6, 6.07) is 9.36. The number of benzene rings is 1. The molecule has 3 heteroatoms. The van der Waals surface area contributed by atoms with Crippen LogP contribution in [0.2, 0.25) is 5.02 Å². The van der Waals surface area contributed by atoms with Gasteiger partial charge in [0, 0.05) is 23.7 Å². The highest BCUT2D eigenvalue weighted by Gasteiger charge is 2.38. The van der Waals surface area contributed by atoms with Gasteiger partial charge in [-0.3, -0.25) is 4.90 Å². The minimum atomic E-state index is 0.366. The number of hydrogen-bond acceptors (Lipinski definition) is 2. The Bertz CT molecular complexity index is 417. The van der Waals surface area contributed by atoms with Crippen LogP contribution in [0.5, 0.6) is 0 Å². The van der Waals surface area contributed by atoms with Gasteiger partial charge in [-0.2, -0.15) is 0 Å². The van der Waals surface area contributed by atoms with Gasteiger partial charge in [0.1, 0.15) is 0 Å². The first-order valence-corrected chi connectivity index (χ1v) is 7.88. The lowest BCUT2D eigenvalue weighted by molar-refractivity contribution is 0.135. The molecule has 2 N–H and O–H groups in total. The highest BCUT2D eigenvalue weighted by Crippen LogP contribution is 2.40. The highest BCUT2D eigenvalue weighted by atomic mass is 35.5. The van der Waals surface area contributed by atoms with E-state index in [9.17, 15) is 0 Å². The maximum atomic E-state index is 6.07. The molecule has 1 heterocycles. The van der Waals surface area contributed by atoms with Crippen molar-refractivity contribution in [3.63, 3.8) is 0 Å². The molecule has 1 saturated carbocycles. The van der Waals surface area contributed by atoms with E-state index in [1.54, 1.807) is 0 Å². The van der Waals surface area contributed by atoms with Crippen LogP contribution < -0.4 is 5.73 Å². The minimum absolute atomic E-state index is 0.366. The van der Waals surface area contributed by atoms with Crippen LogP contribution in [-0.4, -0.2) is 24.0 Å². The van der Waals surface area contributed by atoms with Crippen LogP contribution in [0.25, 0.3) is 0 Å². The van der Waals surface area contributed by atoms with Crippen LogP contribution in [-0.2, 0) is 0 Å². The van der Waals surface area contributed by atoms with Gasteiger partial charge >= 0.3 is 0 Å². The molecule has 3 unspecified atom stereocenters. The number of hydrogen-bond donors (Lipinski definition) is 1. The van der Waals surface area contributed by atoms with Gasteiger partial charge in [-0.05, 0) is 49.4 Å². The second-order valence-corrected chi connectivity index (χ2v) is 6.38. The zero-order valence-corrected chi connectivity index (χ0v) is 12.1. The minimum Gasteiger partial charge on any atom is -0.329 e. The second-order valence-electron chi connectivity index (χ2n) is 5.94. The van der Waals surface area contributed by atoms with Gasteiger partial charge in [0.2, 0.25) is 0 Å². The lowest BCUT2D eigenvalue weighted by Crippen LogP contribution is -2.40. The summed E-state index contributed by atoms with van der Waals surface area (Å²) in [6.07, 6.45) is 6.93. The molecule has 0 spiro atoms. The summed E-state index contributed by atoms with van der Waals surface area (Å²) in [5.74, 6) is 0.912. The van der Waals surface area contributed by atoms with Crippen molar-refractivity contribution in [2.75, 3.05) is 13.1 Å². The fraction of sp³-hybridized carbons (Fsp3) is 0.625. The Labute approximate surface area is 120 Å². The molecule has 3 rings (SSSR count). The predicted octanol–water partition coefficient (Wildman–Crippen LogP) is 3.60. The Morgan fingerprint density at radius 3 is 2.63 bits per heavy atom. The van der Waals surface area contributed by atoms with E-state index in [2.05, 4.69) is 17.0 Å². The van der Waals surface area contributed by atoms with E-state index < -0.39 is 0 Å². The number of fused-ring (bicyclic) bond motifs is 1. The number of halogens is 1. The molecule has 2 fully saturated rings. The van der Waals surface area contributed by atoms with E-state index in [0.717, 1.165) is 17.0 Å². The van der Waals surface area contributed by atoms with Crippen LogP contribution >= 0.6 is 11.6 Å². The number of nitrogens with zero attached hydrogens (tertiary/aromatic N) is 1. The van der Waals surface area contributed by atoms with E-state index in [-0.39, 0.29) is 0 Å². The molecule has 2 aliphatic rings. The topological polar surface area (TPSA) is 29.3 Å². The summed E-state index contributed by atoms with van der Waals surface area (Å²) in [6.45, 7) is 1.91. The Morgan fingerprint density at radius 2 is 1.89 bits per heavy atom. The molecular weight excluding hydrogens is 256 g/mol. The lowest BCUT2D eigenvalue weighted by atomic mass is 9.84. The zero-order valence-electron chi connectivity index (χ0n) is 11.4. The van der Waals surface area contributed by atoms with Crippen molar-refractivity contribution in [1.82, 2.24) is 4.90 Å². The normalized spacial score (nSPS) is 29.2. The largest absolute Gasteiger partial charge is 0.329 e. The summed E-state index contributed by atoms with van der Waals surface area (Å²) in [5.41, 5.74) is 7.39. The third kappa shape index (κ3) is 2.67. The molecule has 2 nitrogen and oxygen atoms in total. The number of likely N-dealkylation sites (tertiary alicyclic amines) is 1. The van der Waals surface area contributed by atoms with E-state index in [0.29, 0.717) is 12.6 Å². The van der Waals surface area contributed by atoms with Crippen LogP contribution in [0.3, 0.4) is 0 Å². The van der Waals surface area contributed by atoms with Crippen LogP contribution in [0.15, 0.2) is 24.3 Å². The molecule has 0 aromatic heterocycles. The Morgan fingerprint density at radius 1 is 1.16 bits per heavy atom. The van der Waals surface area contributed by atoms with Gasteiger partial charge in [-0.15, -0.1) is 0 Å². The summed E-state index contributed by atoms with van der Waals surface area (Å²) in [7, 11) is 0. The summed E-state index contributed by atoms with van der Waals surface area (Å²) in [4.78, 5) is 2.66. The van der Waals surface area contributed by atoms with Gasteiger partial charge in [0.05, 0.1) is 0 Å². The molecule has 0 radical (unpaired) electrons. The van der Waals surface area contributed by atoms with Crippen LogP contribution in [0, 0.1) is 5.92 Å². The fourth-order valence-corrected chi connectivity index (χ4v) is 4.10. The Balaban J connectivity index is 1.80. The first-order chi connectivity index (χ1) is 9.29. The average molecular weight is 279 g/mol. The zero-order chi connectivity index (χ0) is 13.2. The molecule has 104 valence electrons. The van der Waals surface area contributed by atoms with Crippen molar-refractivity contribution >= 4 is 11.6 Å². The summed E-state index contributed by atoms with van der Waals surface area (Å²) < 4.78 is 0. The van der Waals surface area contributed by atoms with Crippen LogP contribution in [0.4, 0.5) is 0 Å². The van der Waals surface area contributed by atoms with Crippen molar-refractivity contribution in [3.05, 3.63) is 34.9 Å². The lowest BCUT2D eigenvalue weighted by Gasteiger charge is -2.37. The first-order valence-electron chi connectivity index (χ1n) is 7.51. The molecule has 0 bridgehead atoms. The molecular formula is C16H23ClN2. The first kappa shape index (κ1) is 13.4. The van der Waals surface area contributed by atoms with Crippen molar-refractivity contribution in [2.45, 2.75) is 44.2 Å². The molecule has 1 saturated heterocycles. The Kier molecular flexibility index (Phi) is 4.11. The fourth-order valence-electron chi connectivity index (χ4n) is 3.98. The highest BCUT2D eigenvalue weighted by molar-refractivity contribution is 6.30. The van der Waals surface area contributed by atoms with Crippen molar-refractivity contribution < 1.29 is 0 Å². The van der Waals surface area contributed by atoms with Crippen molar-refractivity contribution in [3.8, 4) is 0 Å². The maximum absolute atomic E-state index is 6.07. The van der Waals surface area contributed by atoms with Gasteiger partial charge in [-0.25, -0.2) is 0 Å². The van der Waals surface area contributed by atoms with E-state index >= 15 is 0 Å². The molecule has 1 aliphatic carbocycles. The summed E-state index contributed by atoms with van der Waals surface area (Å²) in [5, 5.41) is 0.802. The SMILES string of the molecule is NCC(c1ccc(Cl)cc1)N1CCC2CCCCC21. The number of nitrogens with two attached hydrogens (primary N) is 1. The average Bonchev–Trinajstić information content (AvgIpc) is 2.86. The predicted molar refractivity (Wildman–Crippen MR) is 80.3 cm³/mol.